The Morgan fingerprint density at radius 2 is 1.42 bits per heavy atom. The summed E-state index contributed by atoms with van der Waals surface area (Å²) in [5, 5.41) is 45.8. The Labute approximate surface area is 309 Å². The highest BCUT2D eigenvalue weighted by atomic mass is 16.4. The van der Waals surface area contributed by atoms with E-state index in [1.54, 1.807) is 58.6 Å². The van der Waals surface area contributed by atoms with E-state index in [0.717, 1.165) is 0 Å². The summed E-state index contributed by atoms with van der Waals surface area (Å²) in [7, 11) is 0. The lowest BCUT2D eigenvalue weighted by Crippen LogP contribution is -2.66. The minimum atomic E-state index is -1.72. The molecule has 2 fully saturated rings. The fraction of sp³-hybridized carbons (Fsp3) is 0.639. The van der Waals surface area contributed by atoms with Crippen molar-refractivity contribution in [2.24, 2.45) is 5.92 Å². The predicted octanol–water partition coefficient (Wildman–Crippen LogP) is -0.958. The van der Waals surface area contributed by atoms with E-state index in [-0.39, 0.29) is 31.1 Å². The Hall–Kier alpha value is -4.77. The minimum Gasteiger partial charge on any atom is -0.508 e. The molecule has 0 saturated carbocycles. The monoisotopic (exact) mass is 745 g/mol. The van der Waals surface area contributed by atoms with E-state index < -0.39 is 102 Å². The van der Waals surface area contributed by atoms with E-state index >= 15 is 0 Å². The zero-order valence-electron chi connectivity index (χ0n) is 31.4. The molecule has 3 rings (SSSR count). The number of carbonyl (C=O) groups is 7. The van der Waals surface area contributed by atoms with Gasteiger partial charge in [-0.05, 0) is 84.0 Å². The number of carboxylic acid groups (broad SMARTS) is 1. The normalized spacial score (nSPS) is 27.6. The fourth-order valence-corrected chi connectivity index (χ4v) is 6.54. The number of phenolic OH excluding ortho intramolecular Hbond substituents is 1. The van der Waals surface area contributed by atoms with Gasteiger partial charge < -0.3 is 47.2 Å². The fourth-order valence-electron chi connectivity index (χ4n) is 6.54. The van der Waals surface area contributed by atoms with E-state index in [1.807, 2.05) is 0 Å². The number of aliphatic hydroxyl groups excluding tert-OH is 1. The molecule has 0 aliphatic carbocycles. The van der Waals surface area contributed by atoms with Gasteiger partial charge in [0.2, 0.25) is 35.4 Å². The van der Waals surface area contributed by atoms with Gasteiger partial charge in [-0.2, -0.15) is 0 Å². The Morgan fingerprint density at radius 1 is 0.849 bits per heavy atom. The van der Waals surface area contributed by atoms with Gasteiger partial charge in [0.1, 0.15) is 36.0 Å². The number of amides is 6. The summed E-state index contributed by atoms with van der Waals surface area (Å²) in [6, 6.07) is -2.93. The summed E-state index contributed by atoms with van der Waals surface area (Å²) in [4.78, 5) is 96.4. The van der Waals surface area contributed by atoms with Gasteiger partial charge in [-0.1, -0.05) is 26.0 Å². The molecule has 0 unspecified atom stereocenters. The molecule has 17 nitrogen and oxygen atoms in total. The molecule has 1 aromatic rings. The molecule has 2 heterocycles. The van der Waals surface area contributed by atoms with Crippen LogP contribution in [0.5, 0.6) is 5.75 Å². The second-order valence-corrected chi connectivity index (χ2v) is 15.4. The van der Waals surface area contributed by atoms with Crippen molar-refractivity contribution >= 4 is 41.4 Å². The van der Waals surface area contributed by atoms with Crippen LogP contribution >= 0.6 is 0 Å². The van der Waals surface area contributed by atoms with Crippen LogP contribution in [0.3, 0.4) is 0 Å². The summed E-state index contributed by atoms with van der Waals surface area (Å²) in [6.07, 6.45) is -1.56. The van der Waals surface area contributed by atoms with Crippen LogP contribution in [0.4, 0.5) is 0 Å². The van der Waals surface area contributed by atoms with Gasteiger partial charge in [-0.3, -0.25) is 38.5 Å². The van der Waals surface area contributed by atoms with Crippen molar-refractivity contribution in [1.82, 2.24) is 36.8 Å². The first-order valence-electron chi connectivity index (χ1n) is 17.9. The Kier molecular flexibility index (Phi) is 14.7. The topological polar surface area (TPSA) is 256 Å². The number of carboxylic acids is 1. The molecule has 1 aromatic carbocycles. The van der Waals surface area contributed by atoms with Gasteiger partial charge in [0.25, 0.3) is 0 Å². The number of carbonyl (C=O) groups excluding carboxylic acids is 6. The van der Waals surface area contributed by atoms with Crippen molar-refractivity contribution < 1.29 is 48.9 Å². The molecular weight excluding hydrogens is 690 g/mol. The van der Waals surface area contributed by atoms with E-state index in [9.17, 15) is 48.9 Å². The maximum absolute atomic E-state index is 14.2. The number of aliphatic hydroxyl groups is 1. The van der Waals surface area contributed by atoms with Gasteiger partial charge in [0.05, 0.1) is 24.6 Å². The standard InChI is InChI=1S/C36H55N7O10/c1-18(2)15-23-30(48)39-25(17-27(46)47)32(50)41-28(20(4)44)34(52)37-19(3)29(35(53)42-36(5,6)7)43-14-8-9-26(43)33(51)40-24(31(49)38-23)16-21-10-12-22(45)13-11-21/h10-13,18-20,23-26,28-29,44-45H,8-9,14-17H2,1-7H3,(H,37,52)(H,38,49)(H,39,48)(H,40,51)(H,41,50)(H,42,53)(H,46,47)/t19-,20-,23+,24+,25+,26+,28+,29+/m1/s1. The maximum Gasteiger partial charge on any atom is 0.305 e. The van der Waals surface area contributed by atoms with Gasteiger partial charge >= 0.3 is 5.97 Å². The molecule has 17 heteroatoms. The highest BCUT2D eigenvalue weighted by Crippen LogP contribution is 2.24. The Bertz CT molecular complexity index is 1510. The zero-order valence-corrected chi connectivity index (χ0v) is 31.4. The van der Waals surface area contributed by atoms with Crippen molar-refractivity contribution in [2.45, 2.75) is 135 Å². The number of hydrogen-bond donors (Lipinski definition) is 9. The highest BCUT2D eigenvalue weighted by molar-refractivity contribution is 5.97. The molecule has 0 bridgehead atoms. The zero-order chi connectivity index (χ0) is 39.8. The number of nitrogens with one attached hydrogen (secondary N) is 6. The van der Waals surface area contributed by atoms with E-state index in [1.165, 1.54) is 19.1 Å². The first-order valence-corrected chi connectivity index (χ1v) is 17.9. The molecule has 0 aromatic heterocycles. The number of benzene rings is 1. The van der Waals surface area contributed by atoms with Gasteiger partial charge in [0, 0.05) is 12.0 Å². The molecule has 2 saturated heterocycles. The largest absolute Gasteiger partial charge is 0.508 e. The second kappa shape index (κ2) is 18.3. The smallest absolute Gasteiger partial charge is 0.305 e. The van der Waals surface area contributed by atoms with Crippen molar-refractivity contribution in [1.29, 1.82) is 0 Å². The highest BCUT2D eigenvalue weighted by Gasteiger charge is 2.44. The number of aliphatic carboxylic acids is 1. The average molecular weight is 746 g/mol. The first-order chi connectivity index (χ1) is 24.7. The molecule has 0 spiro atoms. The third-order valence-electron chi connectivity index (χ3n) is 8.99. The van der Waals surface area contributed by atoms with Crippen LogP contribution in [-0.2, 0) is 40.0 Å². The summed E-state index contributed by atoms with van der Waals surface area (Å²) < 4.78 is 0. The predicted molar refractivity (Wildman–Crippen MR) is 192 cm³/mol. The number of aromatic hydroxyl groups is 1. The van der Waals surface area contributed by atoms with E-state index in [0.29, 0.717) is 18.4 Å². The van der Waals surface area contributed by atoms with E-state index in [2.05, 4.69) is 31.9 Å². The SMILES string of the molecule is CC(C)C[C@@H]1NC(=O)[C@H](Cc2ccc(O)cc2)NC(=O)[C@@H]2CCCN2[C@H](C(=O)NC(C)(C)C)[C@@H](C)NC(=O)[C@H]([C@@H](C)O)NC(=O)[C@H](CC(=O)O)NC1=O. The lowest BCUT2D eigenvalue weighted by molar-refractivity contribution is -0.142. The number of nitrogens with zero attached hydrogens (tertiary/aromatic N) is 1. The molecular formula is C36H55N7O10. The van der Waals surface area contributed by atoms with E-state index in [4.69, 9.17) is 0 Å². The van der Waals surface area contributed by atoms with Crippen LogP contribution < -0.4 is 31.9 Å². The maximum atomic E-state index is 14.2. The van der Waals surface area contributed by atoms with Gasteiger partial charge in [-0.25, -0.2) is 0 Å². The molecule has 2 aliphatic heterocycles. The van der Waals surface area contributed by atoms with Crippen molar-refractivity contribution in [3.8, 4) is 5.75 Å². The summed E-state index contributed by atoms with van der Waals surface area (Å²) >= 11 is 0. The molecule has 294 valence electrons. The van der Waals surface area contributed by atoms with Crippen molar-refractivity contribution in [2.75, 3.05) is 6.54 Å². The van der Waals surface area contributed by atoms with Crippen LogP contribution in [-0.4, -0.2) is 122 Å². The van der Waals surface area contributed by atoms with Gasteiger partial charge in [-0.15, -0.1) is 0 Å². The van der Waals surface area contributed by atoms with Crippen LogP contribution in [0.25, 0.3) is 0 Å². The number of fused-ring (bicyclic) bond motifs is 1. The average Bonchev–Trinajstić information content (AvgIpc) is 3.50. The number of hydrogen-bond acceptors (Lipinski definition) is 10. The number of rotatable bonds is 8. The quantitative estimate of drug-likeness (QED) is 0.157. The van der Waals surface area contributed by atoms with Crippen LogP contribution in [0.2, 0.25) is 0 Å². The molecule has 0 radical (unpaired) electrons. The van der Waals surface area contributed by atoms with Crippen LogP contribution in [0.1, 0.15) is 79.7 Å². The third-order valence-corrected chi connectivity index (χ3v) is 8.99. The summed E-state index contributed by atoms with van der Waals surface area (Å²) in [6.45, 7) is 11.9. The molecule has 2 aliphatic rings. The van der Waals surface area contributed by atoms with Crippen molar-refractivity contribution in [3.05, 3.63) is 29.8 Å². The molecule has 53 heavy (non-hydrogen) atoms. The summed E-state index contributed by atoms with van der Waals surface area (Å²) in [5.41, 5.74) is -0.132. The summed E-state index contributed by atoms with van der Waals surface area (Å²) in [5.74, 6) is -6.31. The van der Waals surface area contributed by atoms with Gasteiger partial charge in [0.15, 0.2) is 0 Å². The lowest BCUT2D eigenvalue weighted by atomic mass is 9.99. The Morgan fingerprint density at radius 3 is 1.98 bits per heavy atom. The minimum absolute atomic E-state index is 0.0114. The molecule has 9 N–H and O–H groups in total. The molecule has 6 amide bonds. The second-order valence-electron chi connectivity index (χ2n) is 15.4. The third kappa shape index (κ3) is 12.4. The number of phenols is 1. The molecule has 8 atom stereocenters. The van der Waals surface area contributed by atoms with Crippen molar-refractivity contribution in [3.63, 3.8) is 0 Å². The van der Waals surface area contributed by atoms with Crippen LogP contribution in [0.15, 0.2) is 24.3 Å². The first kappa shape index (κ1) is 42.6. The Balaban J connectivity index is 2.16. The van der Waals surface area contributed by atoms with Crippen LogP contribution in [0, 0.1) is 5.92 Å². The lowest BCUT2D eigenvalue weighted by Gasteiger charge is -2.38.